The summed E-state index contributed by atoms with van der Waals surface area (Å²) in [5, 5.41) is 3.77. The van der Waals surface area contributed by atoms with Crippen molar-refractivity contribution in [3.63, 3.8) is 0 Å². The van der Waals surface area contributed by atoms with Gasteiger partial charge in [-0.3, -0.25) is 4.79 Å². The monoisotopic (exact) mass is 864 g/mol. The molecule has 18 heteroatoms. The van der Waals surface area contributed by atoms with E-state index in [0.29, 0.717) is 58.6 Å². The van der Waals surface area contributed by atoms with Crippen molar-refractivity contribution in [1.82, 2.24) is 25.3 Å². The van der Waals surface area contributed by atoms with Crippen LogP contribution in [-0.4, -0.2) is 104 Å². The van der Waals surface area contributed by atoms with Gasteiger partial charge in [-0.15, -0.1) is 0 Å². The van der Waals surface area contributed by atoms with E-state index in [4.69, 9.17) is 24.7 Å². The molecular formula is C44H48F3N8NaO6. The number of carbonyl (C=O) groups excluding carboxylic acids is 1. The van der Waals surface area contributed by atoms with E-state index in [2.05, 4.69) is 54.4 Å². The number of ether oxygens (including phenoxy) is 4. The summed E-state index contributed by atoms with van der Waals surface area (Å²) < 4.78 is 60.4. The Morgan fingerprint density at radius 2 is 1.06 bits per heavy atom. The number of nitrogens with two attached hydrogens (primary N) is 1. The first-order valence-electron chi connectivity index (χ1n) is 19.5. The van der Waals surface area contributed by atoms with Gasteiger partial charge in [-0.25, -0.2) is 19.9 Å². The predicted molar refractivity (Wildman–Crippen MR) is 225 cm³/mol. The van der Waals surface area contributed by atoms with E-state index in [0.717, 1.165) is 41.8 Å². The molecule has 14 nitrogen and oxygen atoms in total. The SMILES string of the molecule is COc1cc2ncnc(N3C[C@@H](N)C[C@@H](c4ccccc4)C3)c2cc1OC.COc1cc2ncnc(N3C[C@@H](NC(=O)C(F)(F)F)C[C@@H](c4ccccc4)C3)c2cc1OC.[Na+].[OH-]. The van der Waals surface area contributed by atoms with Gasteiger partial charge in [0.25, 0.3) is 0 Å². The number of anilines is 2. The summed E-state index contributed by atoms with van der Waals surface area (Å²) in [6.07, 6.45) is -0.598. The Morgan fingerprint density at radius 3 is 1.50 bits per heavy atom. The molecule has 2 fully saturated rings. The molecule has 4 aromatic carbocycles. The number of alkyl halides is 3. The number of halogens is 3. The van der Waals surface area contributed by atoms with Crippen molar-refractivity contribution in [3.05, 3.63) is 109 Å². The molecule has 0 spiro atoms. The van der Waals surface area contributed by atoms with Gasteiger partial charge in [0.1, 0.15) is 24.3 Å². The van der Waals surface area contributed by atoms with E-state index >= 15 is 0 Å². The number of amides is 1. The van der Waals surface area contributed by atoms with Crippen LogP contribution < -0.4 is 69.4 Å². The molecule has 1 amide bonds. The third-order valence-corrected chi connectivity index (χ3v) is 10.9. The number of fused-ring (bicyclic) bond motifs is 2. The number of benzene rings is 4. The molecule has 4 N–H and O–H groups in total. The molecular weight excluding hydrogens is 817 g/mol. The van der Waals surface area contributed by atoms with E-state index < -0.39 is 18.1 Å². The number of carbonyl (C=O) groups is 1. The van der Waals surface area contributed by atoms with Crippen molar-refractivity contribution < 1.29 is 71.9 Å². The zero-order chi connectivity index (χ0) is 42.4. The first-order valence-corrected chi connectivity index (χ1v) is 19.5. The summed E-state index contributed by atoms with van der Waals surface area (Å²) in [6, 6.07) is 26.7. The molecule has 4 heterocycles. The quantitative estimate of drug-likeness (QED) is 0.202. The van der Waals surface area contributed by atoms with E-state index in [1.54, 1.807) is 32.7 Å². The zero-order valence-electron chi connectivity index (χ0n) is 35.2. The Morgan fingerprint density at radius 1 is 0.645 bits per heavy atom. The van der Waals surface area contributed by atoms with Crippen molar-refractivity contribution >= 4 is 39.3 Å². The molecule has 0 unspecified atom stereocenters. The number of piperidine rings is 2. The van der Waals surface area contributed by atoms with Gasteiger partial charge in [-0.05, 0) is 36.1 Å². The van der Waals surface area contributed by atoms with Crippen LogP contribution in [0.3, 0.4) is 0 Å². The van der Waals surface area contributed by atoms with Crippen molar-refractivity contribution in [2.45, 2.75) is 42.9 Å². The van der Waals surface area contributed by atoms with Crippen LogP contribution in [0.5, 0.6) is 23.0 Å². The normalized spacial score (nSPS) is 18.6. The third kappa shape index (κ3) is 10.8. The minimum atomic E-state index is -4.95. The Labute approximate surface area is 379 Å². The summed E-state index contributed by atoms with van der Waals surface area (Å²) >= 11 is 0. The summed E-state index contributed by atoms with van der Waals surface area (Å²) in [6.45, 7) is 2.33. The van der Waals surface area contributed by atoms with Crippen LogP contribution in [0, 0.1) is 0 Å². The smallest absolute Gasteiger partial charge is 0.870 e. The Kier molecular flexibility index (Phi) is 16.2. The number of hydrogen-bond acceptors (Lipinski definition) is 13. The molecule has 2 aliphatic heterocycles. The van der Waals surface area contributed by atoms with Gasteiger partial charge in [-0.2, -0.15) is 13.2 Å². The largest absolute Gasteiger partial charge is 1.00 e. The average Bonchev–Trinajstić information content (AvgIpc) is 3.27. The summed E-state index contributed by atoms with van der Waals surface area (Å²) in [4.78, 5) is 33.6. The summed E-state index contributed by atoms with van der Waals surface area (Å²) in [5.74, 6) is 2.08. The van der Waals surface area contributed by atoms with Gasteiger partial charge < -0.3 is 45.3 Å². The molecule has 2 aromatic heterocycles. The van der Waals surface area contributed by atoms with E-state index in [9.17, 15) is 18.0 Å². The molecule has 0 saturated carbocycles. The molecule has 2 aliphatic rings. The fraction of sp³-hybridized carbons (Fsp3) is 0.341. The van der Waals surface area contributed by atoms with Gasteiger partial charge >= 0.3 is 41.6 Å². The van der Waals surface area contributed by atoms with Crippen LogP contribution in [0.25, 0.3) is 21.8 Å². The molecule has 2 saturated heterocycles. The van der Waals surface area contributed by atoms with Crippen LogP contribution in [0.2, 0.25) is 0 Å². The number of rotatable bonds is 9. The average molecular weight is 865 g/mol. The van der Waals surface area contributed by atoms with Gasteiger partial charge in [0.2, 0.25) is 0 Å². The van der Waals surface area contributed by atoms with Crippen molar-refractivity contribution in [3.8, 4) is 23.0 Å². The van der Waals surface area contributed by atoms with Crippen molar-refractivity contribution in [2.24, 2.45) is 5.73 Å². The Bertz CT molecular complexity index is 2420. The van der Waals surface area contributed by atoms with Crippen LogP contribution in [0.15, 0.2) is 97.6 Å². The maximum Gasteiger partial charge on any atom is 1.00 e. The third-order valence-electron chi connectivity index (χ3n) is 10.9. The van der Waals surface area contributed by atoms with E-state index in [-0.39, 0.29) is 53.5 Å². The second-order valence-corrected chi connectivity index (χ2v) is 14.8. The number of aromatic nitrogens is 4. The molecule has 4 atom stereocenters. The summed E-state index contributed by atoms with van der Waals surface area (Å²) in [7, 11) is 6.30. The van der Waals surface area contributed by atoms with Gasteiger partial charge in [0.15, 0.2) is 23.0 Å². The Balaban J connectivity index is 0.000000231. The molecule has 62 heavy (non-hydrogen) atoms. The van der Waals surface area contributed by atoms with Crippen molar-refractivity contribution in [2.75, 3.05) is 64.4 Å². The first-order chi connectivity index (χ1) is 29.0. The molecule has 0 radical (unpaired) electrons. The van der Waals surface area contributed by atoms with Crippen molar-refractivity contribution in [1.29, 1.82) is 0 Å². The fourth-order valence-corrected chi connectivity index (χ4v) is 8.13. The van der Waals surface area contributed by atoms with E-state index in [1.807, 2.05) is 53.4 Å². The van der Waals surface area contributed by atoms with Crippen LogP contribution in [0.1, 0.15) is 35.8 Å². The zero-order valence-corrected chi connectivity index (χ0v) is 37.2. The van der Waals surface area contributed by atoms with Crippen LogP contribution in [0.4, 0.5) is 24.8 Å². The summed E-state index contributed by atoms with van der Waals surface area (Å²) in [5.41, 5.74) is 10.1. The molecule has 6 aromatic rings. The standard InChI is InChI=1S/C23H23F3N4O3.C21H24N4O2.Na.H2O/c1-32-19-9-17-18(10-20(19)33-2)27-13-28-21(17)30-11-15(14-6-4-3-5-7-14)8-16(12-30)29-22(31)23(24,25)26;1-26-19-9-17-18(10-20(19)27-2)23-13-24-21(17)25-11-15(8-16(22)12-25)14-6-4-3-5-7-14;;/h3-7,9-10,13,15-16H,8,11-12H2,1-2H3,(H,29,31);3-7,9-10,13,15-16H,8,11-12,22H2,1-2H3;;1H2/q;;+1;/p-1/t2*15-,16+;;/m11../s1. The molecule has 0 bridgehead atoms. The van der Waals surface area contributed by atoms with Gasteiger partial charge in [0, 0.05) is 73.0 Å². The van der Waals surface area contributed by atoms with E-state index in [1.165, 1.54) is 26.1 Å². The number of hydrogen-bond donors (Lipinski definition) is 2. The fourth-order valence-electron chi connectivity index (χ4n) is 8.13. The van der Waals surface area contributed by atoms with Gasteiger partial charge in [-0.1, -0.05) is 60.7 Å². The maximum atomic E-state index is 12.9. The van der Waals surface area contributed by atoms with Crippen LogP contribution >= 0.6 is 0 Å². The Hall–Kier alpha value is -5.46. The predicted octanol–water partition coefficient (Wildman–Crippen LogP) is 3.48. The van der Waals surface area contributed by atoms with Crippen LogP contribution in [-0.2, 0) is 4.79 Å². The molecule has 0 aliphatic carbocycles. The molecule has 322 valence electrons. The second-order valence-electron chi connectivity index (χ2n) is 14.8. The maximum absolute atomic E-state index is 12.9. The number of nitrogens with zero attached hydrogens (tertiary/aromatic N) is 6. The second kappa shape index (κ2) is 21.1. The number of nitrogens with one attached hydrogen (secondary N) is 1. The number of methoxy groups -OCH3 is 4. The topological polar surface area (TPSA) is 180 Å². The molecule has 8 rings (SSSR count). The minimum Gasteiger partial charge on any atom is -0.870 e. The van der Waals surface area contributed by atoms with Gasteiger partial charge in [0.05, 0.1) is 39.5 Å². The minimum absolute atomic E-state index is 0. The first kappa shape index (κ1) is 47.6.